The number of halogens is 1. The van der Waals surface area contributed by atoms with Gasteiger partial charge in [-0.05, 0) is 41.8 Å². The molecule has 3 aromatic rings. The molecule has 2 N–H and O–H groups in total. The van der Waals surface area contributed by atoms with Crippen molar-refractivity contribution in [2.75, 3.05) is 5.73 Å². The number of nitrogen functional groups attached to an aromatic ring is 1. The molecule has 0 amide bonds. The van der Waals surface area contributed by atoms with Crippen molar-refractivity contribution in [3.63, 3.8) is 0 Å². The predicted octanol–water partition coefficient (Wildman–Crippen LogP) is 4.79. The highest BCUT2D eigenvalue weighted by Gasteiger charge is 2.04. The van der Waals surface area contributed by atoms with Gasteiger partial charge in [0.25, 0.3) is 0 Å². The van der Waals surface area contributed by atoms with Crippen LogP contribution in [0.15, 0.2) is 72.8 Å². The smallest absolute Gasteiger partial charge is 0.150 e. The standard InChI is InChI=1S/C19H16FNO/c20-16-8-11-19(18(21)13-16)22-17-9-6-15(7-10-17)12-14-4-2-1-3-5-14/h1-11,13H,12,21H2. The Kier molecular flexibility index (Phi) is 4.05. The summed E-state index contributed by atoms with van der Waals surface area (Å²) in [6.45, 7) is 0. The number of anilines is 1. The zero-order chi connectivity index (χ0) is 15.4. The molecule has 0 aromatic heterocycles. The molecule has 0 aliphatic carbocycles. The van der Waals surface area contributed by atoms with Gasteiger partial charge in [-0.1, -0.05) is 42.5 Å². The van der Waals surface area contributed by atoms with Crippen LogP contribution in [0.2, 0.25) is 0 Å². The third kappa shape index (κ3) is 3.44. The van der Waals surface area contributed by atoms with Gasteiger partial charge in [0.2, 0.25) is 0 Å². The Balaban J connectivity index is 1.71. The van der Waals surface area contributed by atoms with Crippen LogP contribution < -0.4 is 10.5 Å². The molecule has 0 radical (unpaired) electrons. The molecule has 0 spiro atoms. The highest BCUT2D eigenvalue weighted by atomic mass is 19.1. The summed E-state index contributed by atoms with van der Waals surface area (Å²) in [6, 6.07) is 22.2. The molecule has 0 fully saturated rings. The summed E-state index contributed by atoms with van der Waals surface area (Å²) in [4.78, 5) is 0. The molecule has 0 unspecified atom stereocenters. The van der Waals surface area contributed by atoms with Gasteiger partial charge in [0.15, 0.2) is 5.75 Å². The zero-order valence-electron chi connectivity index (χ0n) is 12.0. The molecule has 0 saturated heterocycles. The maximum absolute atomic E-state index is 13.0. The van der Waals surface area contributed by atoms with Crippen LogP contribution in [0.1, 0.15) is 11.1 Å². The Hall–Kier alpha value is -2.81. The topological polar surface area (TPSA) is 35.2 Å². The van der Waals surface area contributed by atoms with Gasteiger partial charge in [-0.25, -0.2) is 4.39 Å². The maximum atomic E-state index is 13.0. The summed E-state index contributed by atoms with van der Waals surface area (Å²) in [7, 11) is 0. The van der Waals surface area contributed by atoms with E-state index in [0.29, 0.717) is 11.5 Å². The van der Waals surface area contributed by atoms with E-state index >= 15 is 0 Å². The third-order valence-corrected chi connectivity index (χ3v) is 3.37. The van der Waals surface area contributed by atoms with Crippen LogP contribution >= 0.6 is 0 Å². The van der Waals surface area contributed by atoms with Gasteiger partial charge in [-0.2, -0.15) is 0 Å². The van der Waals surface area contributed by atoms with E-state index in [1.807, 2.05) is 42.5 Å². The molecule has 0 saturated carbocycles. The van der Waals surface area contributed by atoms with Gasteiger partial charge in [-0.3, -0.25) is 0 Å². The lowest BCUT2D eigenvalue weighted by atomic mass is 10.1. The highest BCUT2D eigenvalue weighted by molar-refractivity contribution is 5.54. The molecular weight excluding hydrogens is 277 g/mol. The van der Waals surface area contributed by atoms with E-state index in [1.165, 1.54) is 29.3 Å². The Morgan fingerprint density at radius 3 is 2.18 bits per heavy atom. The molecule has 0 aliphatic heterocycles. The Bertz CT molecular complexity index is 754. The summed E-state index contributed by atoms with van der Waals surface area (Å²) in [6.07, 6.45) is 0.875. The van der Waals surface area contributed by atoms with Crippen LogP contribution in [-0.2, 0) is 6.42 Å². The number of rotatable bonds is 4. The quantitative estimate of drug-likeness (QED) is 0.702. The van der Waals surface area contributed by atoms with Crippen molar-refractivity contribution in [3.8, 4) is 11.5 Å². The molecule has 2 nitrogen and oxygen atoms in total. The minimum Gasteiger partial charge on any atom is -0.455 e. The normalized spacial score (nSPS) is 10.4. The van der Waals surface area contributed by atoms with Crippen molar-refractivity contribution in [3.05, 3.63) is 89.7 Å². The third-order valence-electron chi connectivity index (χ3n) is 3.37. The zero-order valence-corrected chi connectivity index (χ0v) is 12.0. The molecule has 3 heteroatoms. The average Bonchev–Trinajstić information content (AvgIpc) is 2.53. The van der Waals surface area contributed by atoms with Crippen molar-refractivity contribution >= 4 is 5.69 Å². The summed E-state index contributed by atoms with van der Waals surface area (Å²) in [5.74, 6) is 0.760. The van der Waals surface area contributed by atoms with Gasteiger partial charge in [0.05, 0.1) is 5.69 Å². The number of benzene rings is 3. The first kappa shape index (κ1) is 14.1. The second kappa shape index (κ2) is 6.31. The fraction of sp³-hybridized carbons (Fsp3) is 0.0526. The minimum absolute atomic E-state index is 0.286. The summed E-state index contributed by atoms with van der Waals surface area (Å²) >= 11 is 0. The van der Waals surface area contributed by atoms with Gasteiger partial charge < -0.3 is 10.5 Å². The highest BCUT2D eigenvalue weighted by Crippen LogP contribution is 2.28. The molecule has 0 aliphatic rings. The molecule has 0 bridgehead atoms. The van der Waals surface area contributed by atoms with Gasteiger partial charge in [0, 0.05) is 6.07 Å². The van der Waals surface area contributed by atoms with Gasteiger partial charge in [-0.15, -0.1) is 0 Å². The summed E-state index contributed by atoms with van der Waals surface area (Å²) < 4.78 is 18.7. The second-order valence-electron chi connectivity index (χ2n) is 5.09. The number of hydrogen-bond acceptors (Lipinski definition) is 2. The van der Waals surface area contributed by atoms with Crippen molar-refractivity contribution in [2.24, 2.45) is 0 Å². The van der Waals surface area contributed by atoms with Crippen LogP contribution in [0.3, 0.4) is 0 Å². The van der Waals surface area contributed by atoms with E-state index in [9.17, 15) is 4.39 Å². The van der Waals surface area contributed by atoms with Crippen LogP contribution in [0, 0.1) is 5.82 Å². The monoisotopic (exact) mass is 293 g/mol. The average molecular weight is 293 g/mol. The molecule has 3 aromatic carbocycles. The number of hydrogen-bond donors (Lipinski definition) is 1. The van der Waals surface area contributed by atoms with E-state index in [2.05, 4.69) is 12.1 Å². The maximum Gasteiger partial charge on any atom is 0.150 e. The molecule has 0 heterocycles. The molecule has 22 heavy (non-hydrogen) atoms. The minimum atomic E-state index is -0.372. The van der Waals surface area contributed by atoms with E-state index in [4.69, 9.17) is 10.5 Å². The SMILES string of the molecule is Nc1cc(F)ccc1Oc1ccc(Cc2ccccc2)cc1. The van der Waals surface area contributed by atoms with Gasteiger partial charge in [0.1, 0.15) is 11.6 Å². The van der Waals surface area contributed by atoms with Crippen molar-refractivity contribution < 1.29 is 9.13 Å². The van der Waals surface area contributed by atoms with E-state index in [-0.39, 0.29) is 11.5 Å². The fourth-order valence-electron chi connectivity index (χ4n) is 2.25. The van der Waals surface area contributed by atoms with Crippen LogP contribution in [-0.4, -0.2) is 0 Å². The molecule has 3 rings (SSSR count). The van der Waals surface area contributed by atoms with Gasteiger partial charge >= 0.3 is 0 Å². The van der Waals surface area contributed by atoms with Crippen LogP contribution in [0.25, 0.3) is 0 Å². The lowest BCUT2D eigenvalue weighted by Crippen LogP contribution is -1.93. The van der Waals surface area contributed by atoms with E-state index < -0.39 is 0 Å². The summed E-state index contributed by atoms with van der Waals surface area (Å²) in [5, 5.41) is 0. The molecular formula is C19H16FNO. The first-order valence-electron chi connectivity index (χ1n) is 7.06. The van der Waals surface area contributed by atoms with Crippen LogP contribution in [0.5, 0.6) is 11.5 Å². The van der Waals surface area contributed by atoms with E-state index in [1.54, 1.807) is 0 Å². The number of ether oxygens (including phenoxy) is 1. The van der Waals surface area contributed by atoms with E-state index in [0.717, 1.165) is 6.42 Å². The Morgan fingerprint density at radius 1 is 0.818 bits per heavy atom. The Labute approximate surface area is 129 Å². The summed E-state index contributed by atoms with van der Waals surface area (Å²) in [5.41, 5.74) is 8.48. The Morgan fingerprint density at radius 2 is 1.50 bits per heavy atom. The van der Waals surface area contributed by atoms with Crippen molar-refractivity contribution in [1.29, 1.82) is 0 Å². The van der Waals surface area contributed by atoms with Crippen molar-refractivity contribution in [1.82, 2.24) is 0 Å². The van der Waals surface area contributed by atoms with Crippen LogP contribution in [0.4, 0.5) is 10.1 Å². The molecule has 110 valence electrons. The van der Waals surface area contributed by atoms with Crippen molar-refractivity contribution in [2.45, 2.75) is 6.42 Å². The fourth-order valence-corrected chi connectivity index (χ4v) is 2.25. The first-order chi connectivity index (χ1) is 10.7. The molecule has 0 atom stereocenters. The largest absolute Gasteiger partial charge is 0.455 e. The second-order valence-corrected chi connectivity index (χ2v) is 5.09. The number of nitrogens with two attached hydrogens (primary N) is 1. The lowest BCUT2D eigenvalue weighted by Gasteiger charge is -2.09. The lowest BCUT2D eigenvalue weighted by molar-refractivity contribution is 0.483. The first-order valence-corrected chi connectivity index (χ1v) is 7.06. The predicted molar refractivity (Wildman–Crippen MR) is 86.6 cm³/mol.